The maximum absolute atomic E-state index is 5.88. The maximum Gasteiger partial charge on any atom is 0.239 e. The van der Waals surface area contributed by atoms with E-state index in [2.05, 4.69) is 36.0 Å². The third-order valence-electron chi connectivity index (χ3n) is 3.95. The second kappa shape index (κ2) is 7.50. The van der Waals surface area contributed by atoms with Gasteiger partial charge in [0.15, 0.2) is 0 Å². The van der Waals surface area contributed by atoms with Gasteiger partial charge in [-0.3, -0.25) is 0 Å². The lowest BCUT2D eigenvalue weighted by Gasteiger charge is -2.20. The summed E-state index contributed by atoms with van der Waals surface area (Å²) in [6.45, 7) is 10.5. The summed E-state index contributed by atoms with van der Waals surface area (Å²) in [5, 5.41) is 3.42. The number of aromatic nitrogens is 1. The minimum absolute atomic E-state index is 0.539. The fourth-order valence-electron chi connectivity index (χ4n) is 2.61. The molecule has 0 aliphatic carbocycles. The molecule has 0 radical (unpaired) electrons. The second-order valence-electron chi connectivity index (χ2n) is 6.06. The Labute approximate surface area is 127 Å². The van der Waals surface area contributed by atoms with Crippen LogP contribution in [0.4, 0.5) is 11.5 Å². The Kier molecular flexibility index (Phi) is 5.67. The van der Waals surface area contributed by atoms with Crippen LogP contribution in [0.3, 0.4) is 0 Å². The van der Waals surface area contributed by atoms with Crippen LogP contribution in [0.2, 0.25) is 0 Å². The predicted molar refractivity (Wildman–Crippen MR) is 87.7 cm³/mol. The molecule has 1 aromatic heterocycles. The molecule has 2 heterocycles. The molecule has 1 aliphatic rings. The molecule has 1 aliphatic heterocycles. The van der Waals surface area contributed by atoms with Crippen molar-refractivity contribution in [1.29, 1.82) is 0 Å². The second-order valence-corrected chi connectivity index (χ2v) is 6.06. The molecule has 2 rings (SSSR count). The minimum atomic E-state index is 0.539. The van der Waals surface area contributed by atoms with E-state index in [0.29, 0.717) is 30.1 Å². The van der Waals surface area contributed by atoms with E-state index in [1.807, 2.05) is 12.1 Å². The first kappa shape index (κ1) is 15.9. The van der Waals surface area contributed by atoms with Crippen LogP contribution in [0, 0.1) is 5.92 Å². The van der Waals surface area contributed by atoms with Crippen molar-refractivity contribution in [2.75, 3.05) is 37.3 Å². The highest BCUT2D eigenvalue weighted by molar-refractivity contribution is 5.53. The highest BCUT2D eigenvalue weighted by atomic mass is 16.5. The van der Waals surface area contributed by atoms with Crippen molar-refractivity contribution in [3.63, 3.8) is 0 Å². The van der Waals surface area contributed by atoms with Crippen LogP contribution >= 0.6 is 0 Å². The molecule has 1 unspecified atom stereocenters. The molecule has 0 spiro atoms. The molecule has 1 aromatic rings. The summed E-state index contributed by atoms with van der Waals surface area (Å²) in [5.41, 5.74) is 6.48. The smallest absolute Gasteiger partial charge is 0.239 e. The van der Waals surface area contributed by atoms with Crippen molar-refractivity contribution in [3.05, 3.63) is 12.1 Å². The third-order valence-corrected chi connectivity index (χ3v) is 3.95. The van der Waals surface area contributed by atoms with Gasteiger partial charge >= 0.3 is 0 Å². The summed E-state index contributed by atoms with van der Waals surface area (Å²) < 4.78 is 5.56. The van der Waals surface area contributed by atoms with Crippen LogP contribution in [0.15, 0.2) is 12.1 Å². The Morgan fingerprint density at radius 3 is 2.95 bits per heavy atom. The largest absolute Gasteiger partial charge is 0.476 e. The summed E-state index contributed by atoms with van der Waals surface area (Å²) in [4.78, 5) is 6.98. The van der Waals surface area contributed by atoms with E-state index < -0.39 is 0 Å². The number of nitrogens with zero attached hydrogens (tertiary/aromatic N) is 2. The van der Waals surface area contributed by atoms with Crippen molar-refractivity contribution in [2.24, 2.45) is 5.92 Å². The molecule has 3 N–H and O–H groups in total. The van der Waals surface area contributed by atoms with Gasteiger partial charge in [-0.2, -0.15) is 4.98 Å². The van der Waals surface area contributed by atoms with Gasteiger partial charge in [0.05, 0.1) is 12.3 Å². The highest BCUT2D eigenvalue weighted by Crippen LogP contribution is 2.23. The molecule has 0 saturated carbocycles. The van der Waals surface area contributed by atoms with E-state index in [0.717, 1.165) is 18.8 Å². The average Bonchev–Trinajstić information content (AvgIpc) is 2.94. The van der Waals surface area contributed by atoms with Gasteiger partial charge in [-0.25, -0.2) is 0 Å². The Bertz CT molecular complexity index is 450. The van der Waals surface area contributed by atoms with E-state index in [-0.39, 0.29) is 0 Å². The predicted octanol–water partition coefficient (Wildman–Crippen LogP) is 2.59. The van der Waals surface area contributed by atoms with Crippen LogP contribution in [0.1, 0.15) is 33.6 Å². The van der Waals surface area contributed by atoms with Crippen LogP contribution in [0.25, 0.3) is 0 Å². The van der Waals surface area contributed by atoms with Gasteiger partial charge in [0.25, 0.3) is 0 Å². The first-order valence-corrected chi connectivity index (χ1v) is 7.97. The van der Waals surface area contributed by atoms with Crippen LogP contribution in [-0.2, 0) is 0 Å². The van der Waals surface area contributed by atoms with Gasteiger partial charge < -0.3 is 20.7 Å². The van der Waals surface area contributed by atoms with Crippen LogP contribution in [-0.4, -0.2) is 42.2 Å². The molecule has 118 valence electrons. The summed E-state index contributed by atoms with van der Waals surface area (Å²) in [6, 6.07) is 4.41. The van der Waals surface area contributed by atoms with Crippen molar-refractivity contribution in [2.45, 2.75) is 39.7 Å². The number of ether oxygens (including phenoxy) is 1. The number of anilines is 2. The van der Waals surface area contributed by atoms with E-state index >= 15 is 0 Å². The monoisotopic (exact) mass is 292 g/mol. The first-order chi connectivity index (χ1) is 10.1. The summed E-state index contributed by atoms with van der Waals surface area (Å²) in [5.74, 6) is 2.07. The lowest BCUT2D eigenvalue weighted by Crippen LogP contribution is -2.29. The normalized spacial score (nSPS) is 19.1. The standard InChI is InChI=1S/C16H28N4O/c1-4-9-21-16-14(17)5-6-15(19-16)18-10-13-7-8-20(11-13)12(2)3/h5-6,12-13H,4,7-11,17H2,1-3H3,(H,18,19). The molecule has 1 fully saturated rings. The Morgan fingerprint density at radius 1 is 1.48 bits per heavy atom. The molecule has 5 nitrogen and oxygen atoms in total. The molecule has 21 heavy (non-hydrogen) atoms. The van der Waals surface area contributed by atoms with E-state index in [4.69, 9.17) is 10.5 Å². The zero-order valence-electron chi connectivity index (χ0n) is 13.4. The number of nitrogen functional groups attached to an aromatic ring is 1. The maximum atomic E-state index is 5.88. The molecule has 0 amide bonds. The lowest BCUT2D eigenvalue weighted by atomic mass is 10.1. The first-order valence-electron chi connectivity index (χ1n) is 7.97. The number of nitrogens with two attached hydrogens (primary N) is 1. The van der Waals surface area contributed by atoms with Gasteiger partial charge in [0, 0.05) is 19.1 Å². The van der Waals surface area contributed by atoms with Gasteiger partial charge in [0.1, 0.15) is 5.82 Å². The Hall–Kier alpha value is -1.49. The molecule has 5 heteroatoms. The number of hydrogen-bond acceptors (Lipinski definition) is 5. The highest BCUT2D eigenvalue weighted by Gasteiger charge is 2.23. The van der Waals surface area contributed by atoms with Crippen LogP contribution in [0.5, 0.6) is 5.88 Å². The fourth-order valence-corrected chi connectivity index (χ4v) is 2.61. The topological polar surface area (TPSA) is 63.4 Å². The summed E-state index contributed by atoms with van der Waals surface area (Å²) in [7, 11) is 0. The Balaban J connectivity index is 1.86. The lowest BCUT2D eigenvalue weighted by molar-refractivity contribution is 0.266. The molecule has 0 aromatic carbocycles. The number of pyridine rings is 1. The van der Waals surface area contributed by atoms with Crippen molar-refractivity contribution in [1.82, 2.24) is 9.88 Å². The zero-order chi connectivity index (χ0) is 15.2. The van der Waals surface area contributed by atoms with Gasteiger partial charge in [-0.1, -0.05) is 6.92 Å². The van der Waals surface area contributed by atoms with Gasteiger partial charge in [-0.15, -0.1) is 0 Å². The number of rotatable bonds is 7. The number of likely N-dealkylation sites (tertiary alicyclic amines) is 1. The molecular formula is C16H28N4O. The van der Waals surface area contributed by atoms with Crippen molar-refractivity contribution in [3.8, 4) is 5.88 Å². The zero-order valence-corrected chi connectivity index (χ0v) is 13.4. The Morgan fingerprint density at radius 2 is 2.29 bits per heavy atom. The van der Waals surface area contributed by atoms with Crippen LogP contribution < -0.4 is 15.8 Å². The molecule has 1 saturated heterocycles. The molecule has 1 atom stereocenters. The van der Waals surface area contributed by atoms with E-state index in [1.165, 1.54) is 19.5 Å². The average molecular weight is 292 g/mol. The van der Waals surface area contributed by atoms with E-state index in [1.54, 1.807) is 0 Å². The number of nitrogens with one attached hydrogen (secondary N) is 1. The SMILES string of the molecule is CCCOc1nc(NCC2CCN(C(C)C)C2)ccc1N. The van der Waals surface area contributed by atoms with Crippen molar-refractivity contribution >= 4 is 11.5 Å². The van der Waals surface area contributed by atoms with Crippen molar-refractivity contribution < 1.29 is 4.74 Å². The summed E-state index contributed by atoms with van der Waals surface area (Å²) >= 11 is 0. The fraction of sp³-hybridized carbons (Fsp3) is 0.688. The molecule has 0 bridgehead atoms. The van der Waals surface area contributed by atoms with Gasteiger partial charge in [0.2, 0.25) is 5.88 Å². The van der Waals surface area contributed by atoms with E-state index in [9.17, 15) is 0 Å². The third kappa shape index (κ3) is 4.49. The minimum Gasteiger partial charge on any atom is -0.476 e. The summed E-state index contributed by atoms with van der Waals surface area (Å²) in [6.07, 6.45) is 2.20. The quantitative estimate of drug-likeness (QED) is 0.809. The number of hydrogen-bond donors (Lipinski definition) is 2. The molecular weight excluding hydrogens is 264 g/mol. The van der Waals surface area contributed by atoms with Gasteiger partial charge in [-0.05, 0) is 51.3 Å².